The van der Waals surface area contributed by atoms with Crippen molar-refractivity contribution in [3.8, 4) is 0 Å². The van der Waals surface area contributed by atoms with E-state index in [0.29, 0.717) is 0 Å². The molecule has 3 aromatic rings. The van der Waals surface area contributed by atoms with Crippen molar-refractivity contribution >= 4 is 16.7 Å². The summed E-state index contributed by atoms with van der Waals surface area (Å²) in [5.74, 6) is 0.985. The summed E-state index contributed by atoms with van der Waals surface area (Å²) in [6, 6.07) is 16.9. The Hall–Kier alpha value is -2.29. The number of hydrogen-bond acceptors (Lipinski definition) is 2. The van der Waals surface area contributed by atoms with Crippen LogP contribution in [0.4, 0.5) is 5.82 Å². The number of nitrogens with one attached hydrogen (secondary N) is 1. The highest BCUT2D eigenvalue weighted by molar-refractivity contribution is 5.92. The first-order chi connectivity index (χ1) is 10.8. The zero-order chi connectivity index (χ0) is 15.4. The first kappa shape index (κ1) is 14.6. The molecule has 2 aromatic carbocycles. The summed E-state index contributed by atoms with van der Waals surface area (Å²) in [5.41, 5.74) is 3.81. The number of aromatic nitrogens is 2. The van der Waals surface area contributed by atoms with Crippen LogP contribution in [0, 0.1) is 6.92 Å². The van der Waals surface area contributed by atoms with E-state index in [0.717, 1.165) is 25.3 Å². The van der Waals surface area contributed by atoms with Gasteiger partial charge < -0.3 is 5.32 Å². The van der Waals surface area contributed by atoms with E-state index >= 15 is 0 Å². The highest BCUT2D eigenvalue weighted by Crippen LogP contribution is 2.26. The standard InChI is InChI=1S/C19H23N3/c1-3-4-13-22-18-15(2)9-8-12-17(18)19(21-22)20-14-16-10-6-5-7-11-16/h5-12H,3-4,13-14H2,1-2H3,(H,20,21). The minimum atomic E-state index is 0.800. The van der Waals surface area contributed by atoms with Crippen LogP contribution in [-0.4, -0.2) is 9.78 Å². The number of hydrogen-bond donors (Lipinski definition) is 1. The summed E-state index contributed by atoms with van der Waals surface area (Å²) in [7, 11) is 0. The molecule has 0 bridgehead atoms. The van der Waals surface area contributed by atoms with E-state index in [9.17, 15) is 0 Å². The van der Waals surface area contributed by atoms with Gasteiger partial charge >= 0.3 is 0 Å². The Morgan fingerprint density at radius 1 is 1.05 bits per heavy atom. The molecule has 3 rings (SSSR count). The van der Waals surface area contributed by atoms with Crippen molar-refractivity contribution in [3.63, 3.8) is 0 Å². The molecule has 1 aromatic heterocycles. The third-order valence-corrected chi connectivity index (χ3v) is 4.00. The maximum atomic E-state index is 4.81. The number of fused-ring (bicyclic) bond motifs is 1. The third-order valence-electron chi connectivity index (χ3n) is 4.00. The second kappa shape index (κ2) is 6.65. The lowest BCUT2D eigenvalue weighted by Gasteiger charge is -2.03. The summed E-state index contributed by atoms with van der Waals surface area (Å²) >= 11 is 0. The van der Waals surface area contributed by atoms with Crippen LogP contribution in [0.2, 0.25) is 0 Å². The summed E-state index contributed by atoms with van der Waals surface area (Å²) in [6.07, 6.45) is 2.34. The fourth-order valence-corrected chi connectivity index (χ4v) is 2.80. The lowest BCUT2D eigenvalue weighted by atomic mass is 10.1. The largest absolute Gasteiger partial charge is 0.364 e. The maximum Gasteiger partial charge on any atom is 0.156 e. The maximum absolute atomic E-state index is 4.81. The Labute approximate surface area is 132 Å². The van der Waals surface area contributed by atoms with Gasteiger partial charge in [0.25, 0.3) is 0 Å². The van der Waals surface area contributed by atoms with E-state index in [4.69, 9.17) is 5.10 Å². The number of anilines is 1. The van der Waals surface area contributed by atoms with Crippen LogP contribution in [0.1, 0.15) is 30.9 Å². The van der Waals surface area contributed by atoms with Crippen LogP contribution in [0.5, 0.6) is 0 Å². The molecular weight excluding hydrogens is 270 g/mol. The number of para-hydroxylation sites is 1. The van der Waals surface area contributed by atoms with Gasteiger partial charge in [0, 0.05) is 18.5 Å². The van der Waals surface area contributed by atoms with E-state index in [1.165, 1.54) is 28.5 Å². The molecule has 0 unspecified atom stereocenters. The molecule has 0 radical (unpaired) electrons. The van der Waals surface area contributed by atoms with Gasteiger partial charge in [0.2, 0.25) is 0 Å². The number of aryl methyl sites for hydroxylation is 2. The Balaban J connectivity index is 1.90. The normalized spacial score (nSPS) is 11.0. The lowest BCUT2D eigenvalue weighted by Crippen LogP contribution is -2.03. The second-order valence-corrected chi connectivity index (χ2v) is 5.74. The fourth-order valence-electron chi connectivity index (χ4n) is 2.80. The first-order valence-corrected chi connectivity index (χ1v) is 8.03. The van der Waals surface area contributed by atoms with Crippen LogP contribution in [0.15, 0.2) is 48.5 Å². The van der Waals surface area contributed by atoms with E-state index in [2.05, 4.69) is 66.3 Å². The minimum absolute atomic E-state index is 0.800. The Kier molecular flexibility index (Phi) is 4.42. The van der Waals surface area contributed by atoms with E-state index < -0.39 is 0 Å². The van der Waals surface area contributed by atoms with Crippen molar-refractivity contribution < 1.29 is 0 Å². The van der Waals surface area contributed by atoms with Gasteiger partial charge in [0.1, 0.15) is 0 Å². The SMILES string of the molecule is CCCCn1nc(NCc2ccccc2)c2cccc(C)c21. The molecule has 1 N–H and O–H groups in total. The van der Waals surface area contributed by atoms with Gasteiger partial charge in [0.05, 0.1) is 5.52 Å². The van der Waals surface area contributed by atoms with Gasteiger partial charge in [-0.25, -0.2) is 0 Å². The van der Waals surface area contributed by atoms with Crippen molar-refractivity contribution in [2.45, 2.75) is 39.8 Å². The van der Waals surface area contributed by atoms with E-state index in [-0.39, 0.29) is 0 Å². The summed E-state index contributed by atoms with van der Waals surface area (Å²) in [6.45, 7) is 6.15. The number of benzene rings is 2. The van der Waals surface area contributed by atoms with Gasteiger partial charge in [-0.3, -0.25) is 4.68 Å². The van der Waals surface area contributed by atoms with E-state index in [1.807, 2.05) is 6.07 Å². The molecule has 0 spiro atoms. The zero-order valence-electron chi connectivity index (χ0n) is 13.3. The second-order valence-electron chi connectivity index (χ2n) is 5.74. The van der Waals surface area contributed by atoms with Crippen LogP contribution < -0.4 is 5.32 Å². The Morgan fingerprint density at radius 3 is 2.64 bits per heavy atom. The van der Waals surface area contributed by atoms with Crippen LogP contribution >= 0.6 is 0 Å². The number of unbranched alkanes of at least 4 members (excludes halogenated alkanes) is 1. The van der Waals surface area contributed by atoms with Gasteiger partial charge in [0.15, 0.2) is 5.82 Å². The molecule has 1 heterocycles. The van der Waals surface area contributed by atoms with E-state index in [1.54, 1.807) is 0 Å². The Morgan fingerprint density at radius 2 is 1.86 bits per heavy atom. The molecule has 0 saturated heterocycles. The topological polar surface area (TPSA) is 29.9 Å². The molecule has 3 nitrogen and oxygen atoms in total. The molecule has 22 heavy (non-hydrogen) atoms. The third kappa shape index (κ3) is 2.98. The molecule has 0 aliphatic rings. The van der Waals surface area contributed by atoms with Crippen molar-refractivity contribution in [1.29, 1.82) is 0 Å². The molecule has 0 fully saturated rings. The first-order valence-electron chi connectivity index (χ1n) is 8.03. The molecule has 3 heteroatoms. The van der Waals surface area contributed by atoms with Crippen LogP contribution in [-0.2, 0) is 13.1 Å². The quantitative estimate of drug-likeness (QED) is 0.710. The Bertz CT molecular complexity index is 744. The summed E-state index contributed by atoms with van der Waals surface area (Å²) in [4.78, 5) is 0. The molecule has 0 aliphatic carbocycles. The van der Waals surface area contributed by atoms with Crippen LogP contribution in [0.25, 0.3) is 10.9 Å². The summed E-state index contributed by atoms with van der Waals surface area (Å²) < 4.78 is 2.15. The average Bonchev–Trinajstić information content (AvgIpc) is 2.91. The predicted octanol–water partition coefficient (Wildman–Crippen LogP) is 4.76. The highest BCUT2D eigenvalue weighted by atomic mass is 15.3. The van der Waals surface area contributed by atoms with Crippen molar-refractivity contribution in [2.75, 3.05) is 5.32 Å². The number of rotatable bonds is 6. The monoisotopic (exact) mass is 293 g/mol. The molecule has 0 amide bonds. The molecule has 0 saturated carbocycles. The van der Waals surface area contributed by atoms with Crippen molar-refractivity contribution in [2.24, 2.45) is 0 Å². The molecule has 114 valence electrons. The average molecular weight is 293 g/mol. The van der Waals surface area contributed by atoms with Crippen molar-refractivity contribution in [3.05, 3.63) is 59.7 Å². The molecule has 0 aliphatic heterocycles. The molecule has 0 atom stereocenters. The van der Waals surface area contributed by atoms with Gasteiger partial charge in [-0.15, -0.1) is 0 Å². The summed E-state index contributed by atoms with van der Waals surface area (Å²) in [5, 5.41) is 9.52. The van der Waals surface area contributed by atoms with Crippen molar-refractivity contribution in [1.82, 2.24) is 9.78 Å². The smallest absolute Gasteiger partial charge is 0.156 e. The predicted molar refractivity (Wildman–Crippen MR) is 93.1 cm³/mol. The van der Waals surface area contributed by atoms with Gasteiger partial charge in [-0.1, -0.05) is 55.8 Å². The van der Waals surface area contributed by atoms with Gasteiger partial charge in [-0.2, -0.15) is 5.10 Å². The fraction of sp³-hybridized carbons (Fsp3) is 0.316. The minimum Gasteiger partial charge on any atom is -0.364 e. The lowest BCUT2D eigenvalue weighted by molar-refractivity contribution is 0.588. The highest BCUT2D eigenvalue weighted by Gasteiger charge is 2.11. The zero-order valence-corrected chi connectivity index (χ0v) is 13.3. The number of nitrogens with zero attached hydrogens (tertiary/aromatic N) is 2. The van der Waals surface area contributed by atoms with Crippen LogP contribution in [0.3, 0.4) is 0 Å². The molecular formula is C19H23N3. The van der Waals surface area contributed by atoms with Gasteiger partial charge in [-0.05, 0) is 30.5 Å².